The van der Waals surface area contributed by atoms with E-state index >= 15 is 0 Å². The number of hydrogen-bond donors (Lipinski definition) is 0. The van der Waals surface area contributed by atoms with Crippen LogP contribution in [0, 0.1) is 13.8 Å². The Labute approximate surface area is 164 Å². The van der Waals surface area contributed by atoms with E-state index in [0.29, 0.717) is 0 Å². The van der Waals surface area contributed by atoms with E-state index in [0.717, 1.165) is 11.5 Å². The third-order valence-electron chi connectivity index (χ3n) is 5.84. The van der Waals surface area contributed by atoms with Crippen molar-refractivity contribution in [2.45, 2.75) is 13.8 Å². The molecule has 0 spiro atoms. The van der Waals surface area contributed by atoms with Gasteiger partial charge in [0.15, 0.2) is 0 Å². The first-order valence-electron chi connectivity index (χ1n) is 9.52. The summed E-state index contributed by atoms with van der Waals surface area (Å²) in [6, 6.07) is 21.7. The topological polar surface area (TPSA) is 18.5 Å². The summed E-state index contributed by atoms with van der Waals surface area (Å²) >= 11 is 0. The van der Waals surface area contributed by atoms with E-state index in [2.05, 4.69) is 62.4 Å². The number of ether oxygens (including phenoxy) is 2. The molecule has 0 unspecified atom stereocenters. The van der Waals surface area contributed by atoms with Crippen molar-refractivity contribution in [3.05, 3.63) is 71.8 Å². The number of aryl methyl sites for hydroxylation is 2. The summed E-state index contributed by atoms with van der Waals surface area (Å²) in [5.74, 6) is 1.78. The van der Waals surface area contributed by atoms with Gasteiger partial charge in [-0.25, -0.2) is 0 Å². The van der Waals surface area contributed by atoms with Crippen molar-refractivity contribution in [2.24, 2.45) is 0 Å². The molecule has 0 aliphatic carbocycles. The van der Waals surface area contributed by atoms with Crippen LogP contribution in [0.2, 0.25) is 0 Å². The highest BCUT2D eigenvalue weighted by Crippen LogP contribution is 2.39. The molecule has 5 aromatic rings. The molecule has 5 aromatic carbocycles. The molecule has 0 N–H and O–H groups in total. The Balaban J connectivity index is 1.96. The largest absolute Gasteiger partial charge is 0.497 e. The number of hydrogen-bond acceptors (Lipinski definition) is 2. The van der Waals surface area contributed by atoms with Gasteiger partial charge in [-0.3, -0.25) is 0 Å². The average Bonchev–Trinajstić information content (AvgIpc) is 2.72. The highest BCUT2D eigenvalue weighted by atomic mass is 16.5. The first kappa shape index (κ1) is 16.9. The summed E-state index contributed by atoms with van der Waals surface area (Å²) in [6.07, 6.45) is 0. The first-order valence-corrected chi connectivity index (χ1v) is 9.52. The molecule has 2 heteroatoms. The molecule has 0 saturated carbocycles. The van der Waals surface area contributed by atoms with E-state index in [1.165, 1.54) is 54.2 Å². The van der Waals surface area contributed by atoms with Crippen LogP contribution in [0.25, 0.3) is 43.1 Å². The maximum atomic E-state index is 5.42. The lowest BCUT2D eigenvalue weighted by atomic mass is 9.89. The van der Waals surface area contributed by atoms with Crippen molar-refractivity contribution in [1.29, 1.82) is 0 Å². The van der Waals surface area contributed by atoms with Crippen molar-refractivity contribution >= 4 is 43.1 Å². The lowest BCUT2D eigenvalue weighted by Crippen LogP contribution is -1.90. The normalized spacial score (nSPS) is 11.6. The van der Waals surface area contributed by atoms with E-state index in [1.54, 1.807) is 14.2 Å². The van der Waals surface area contributed by atoms with Crippen molar-refractivity contribution < 1.29 is 9.47 Å². The number of fused-ring (bicyclic) bond motifs is 7. The van der Waals surface area contributed by atoms with E-state index in [4.69, 9.17) is 9.47 Å². The molecule has 0 aliphatic heterocycles. The second-order valence-electron chi connectivity index (χ2n) is 7.47. The quantitative estimate of drug-likeness (QED) is 0.315. The van der Waals surface area contributed by atoms with Gasteiger partial charge in [-0.15, -0.1) is 0 Å². The Morgan fingerprint density at radius 3 is 1.29 bits per heavy atom. The molecule has 0 atom stereocenters. The monoisotopic (exact) mass is 366 g/mol. The summed E-state index contributed by atoms with van der Waals surface area (Å²) in [7, 11) is 3.43. The Kier molecular flexibility index (Phi) is 3.70. The Hall–Kier alpha value is -3.26. The van der Waals surface area contributed by atoms with E-state index in [-0.39, 0.29) is 0 Å². The molecule has 0 saturated heterocycles. The molecule has 5 rings (SSSR count). The molecular weight excluding hydrogens is 344 g/mol. The van der Waals surface area contributed by atoms with Gasteiger partial charge in [0.2, 0.25) is 0 Å². The summed E-state index contributed by atoms with van der Waals surface area (Å²) in [5, 5.41) is 10.2. The minimum absolute atomic E-state index is 0.892. The highest BCUT2D eigenvalue weighted by molar-refractivity contribution is 6.24. The fourth-order valence-electron chi connectivity index (χ4n) is 4.55. The third-order valence-corrected chi connectivity index (χ3v) is 5.84. The highest BCUT2D eigenvalue weighted by Gasteiger charge is 2.13. The molecule has 138 valence electrons. The van der Waals surface area contributed by atoms with Gasteiger partial charge in [-0.1, -0.05) is 36.4 Å². The Bertz CT molecular complexity index is 1290. The van der Waals surface area contributed by atoms with Gasteiger partial charge in [-0.2, -0.15) is 0 Å². The SMILES string of the molecule is COc1ccc2c(c1)cc(C)c1c2ccc2c3ccc(OC)cc3cc(C)c21. The fraction of sp³-hybridized carbons (Fsp3) is 0.154. The fourth-order valence-corrected chi connectivity index (χ4v) is 4.55. The van der Waals surface area contributed by atoms with Crippen LogP contribution < -0.4 is 9.47 Å². The summed E-state index contributed by atoms with van der Waals surface area (Å²) < 4.78 is 10.8. The molecule has 0 aromatic heterocycles. The van der Waals surface area contributed by atoms with E-state index in [9.17, 15) is 0 Å². The van der Waals surface area contributed by atoms with Crippen LogP contribution in [0.4, 0.5) is 0 Å². The zero-order chi connectivity index (χ0) is 19.4. The minimum Gasteiger partial charge on any atom is -0.497 e. The van der Waals surface area contributed by atoms with Crippen LogP contribution in [-0.4, -0.2) is 14.2 Å². The van der Waals surface area contributed by atoms with Gasteiger partial charge in [0.25, 0.3) is 0 Å². The van der Waals surface area contributed by atoms with Crippen LogP contribution in [-0.2, 0) is 0 Å². The third kappa shape index (κ3) is 2.34. The Morgan fingerprint density at radius 2 is 0.893 bits per heavy atom. The van der Waals surface area contributed by atoms with Crippen molar-refractivity contribution in [2.75, 3.05) is 14.2 Å². The maximum absolute atomic E-state index is 5.42. The predicted octanol–water partition coefficient (Wildman–Crippen LogP) is 6.93. The standard InChI is InChI=1S/C26H22O2/c1-15-11-17-13-19(27-3)5-7-21(17)23-9-10-24-22-8-6-20(28-4)14-18(22)12-16(2)26(24)25(15)23/h5-14H,1-4H3. The summed E-state index contributed by atoms with van der Waals surface area (Å²) in [6.45, 7) is 4.41. The molecule has 0 bridgehead atoms. The summed E-state index contributed by atoms with van der Waals surface area (Å²) in [4.78, 5) is 0. The second kappa shape index (κ2) is 6.13. The smallest absolute Gasteiger partial charge is 0.119 e. The van der Waals surface area contributed by atoms with Crippen molar-refractivity contribution in [3.63, 3.8) is 0 Å². The first-order chi connectivity index (χ1) is 13.6. The van der Waals surface area contributed by atoms with Gasteiger partial charge >= 0.3 is 0 Å². The van der Waals surface area contributed by atoms with Crippen LogP contribution in [0.1, 0.15) is 11.1 Å². The zero-order valence-electron chi connectivity index (χ0n) is 16.6. The lowest BCUT2D eigenvalue weighted by Gasteiger charge is -2.15. The second-order valence-corrected chi connectivity index (χ2v) is 7.47. The number of rotatable bonds is 2. The van der Waals surface area contributed by atoms with Crippen LogP contribution >= 0.6 is 0 Å². The molecular formula is C26H22O2. The Morgan fingerprint density at radius 1 is 0.500 bits per heavy atom. The lowest BCUT2D eigenvalue weighted by molar-refractivity contribution is 0.415. The van der Waals surface area contributed by atoms with Gasteiger partial charge < -0.3 is 9.47 Å². The van der Waals surface area contributed by atoms with Gasteiger partial charge in [-0.05, 0) is 92.3 Å². The average molecular weight is 366 g/mol. The van der Waals surface area contributed by atoms with Crippen LogP contribution in [0.3, 0.4) is 0 Å². The van der Waals surface area contributed by atoms with Crippen molar-refractivity contribution in [3.8, 4) is 11.5 Å². The molecule has 0 radical (unpaired) electrons. The molecule has 2 nitrogen and oxygen atoms in total. The number of methoxy groups -OCH3 is 2. The maximum Gasteiger partial charge on any atom is 0.119 e. The van der Waals surface area contributed by atoms with E-state index < -0.39 is 0 Å². The minimum atomic E-state index is 0.892. The van der Waals surface area contributed by atoms with E-state index in [1.807, 2.05) is 12.1 Å². The molecule has 0 amide bonds. The van der Waals surface area contributed by atoms with Gasteiger partial charge in [0.05, 0.1) is 14.2 Å². The molecule has 0 heterocycles. The predicted molar refractivity (Wildman–Crippen MR) is 119 cm³/mol. The zero-order valence-corrected chi connectivity index (χ0v) is 16.6. The molecule has 0 aliphatic rings. The van der Waals surface area contributed by atoms with Crippen LogP contribution in [0.15, 0.2) is 60.7 Å². The van der Waals surface area contributed by atoms with Gasteiger partial charge in [0, 0.05) is 0 Å². The number of benzene rings is 5. The van der Waals surface area contributed by atoms with Crippen molar-refractivity contribution in [1.82, 2.24) is 0 Å². The van der Waals surface area contributed by atoms with Crippen LogP contribution in [0.5, 0.6) is 11.5 Å². The molecule has 28 heavy (non-hydrogen) atoms. The summed E-state index contributed by atoms with van der Waals surface area (Å²) in [5.41, 5.74) is 2.58. The molecule has 0 fully saturated rings. The van der Waals surface area contributed by atoms with Gasteiger partial charge in [0.1, 0.15) is 11.5 Å².